The van der Waals surface area contributed by atoms with E-state index < -0.39 is 0 Å². The minimum Gasteiger partial charge on any atom is -0.460 e. The molecule has 3 heterocycles. The predicted octanol–water partition coefficient (Wildman–Crippen LogP) is 4.72. The zero-order chi connectivity index (χ0) is 16.5. The molecule has 0 atom stereocenters. The minimum absolute atomic E-state index is 0.562. The van der Waals surface area contributed by atoms with E-state index in [-0.39, 0.29) is 0 Å². The largest absolute Gasteiger partial charge is 0.460 e. The lowest BCUT2D eigenvalue weighted by molar-refractivity contribution is 0.224. The first-order valence-electron chi connectivity index (χ1n) is 7.81. The van der Waals surface area contributed by atoms with Crippen molar-refractivity contribution < 1.29 is 4.42 Å². The van der Waals surface area contributed by atoms with Crippen molar-refractivity contribution in [2.75, 3.05) is 6.54 Å². The second-order valence-corrected chi connectivity index (χ2v) is 7.23. The van der Waals surface area contributed by atoms with Crippen molar-refractivity contribution in [3.63, 3.8) is 0 Å². The summed E-state index contributed by atoms with van der Waals surface area (Å²) in [5.41, 5.74) is 3.51. The van der Waals surface area contributed by atoms with Crippen LogP contribution in [0.15, 0.2) is 51.5 Å². The van der Waals surface area contributed by atoms with Crippen LogP contribution in [0.4, 0.5) is 0 Å². The van der Waals surface area contributed by atoms with Crippen molar-refractivity contribution in [1.29, 1.82) is 0 Å². The second kappa shape index (κ2) is 6.63. The van der Waals surface area contributed by atoms with Crippen molar-refractivity contribution in [1.82, 2.24) is 14.9 Å². The highest BCUT2D eigenvalue weighted by Gasteiger charge is 2.18. The molecular formula is C18H16BrN3OS. The van der Waals surface area contributed by atoms with Gasteiger partial charge in [-0.25, -0.2) is 4.98 Å². The van der Waals surface area contributed by atoms with E-state index in [1.165, 1.54) is 11.3 Å². The third-order valence-electron chi connectivity index (χ3n) is 4.22. The van der Waals surface area contributed by atoms with Crippen molar-refractivity contribution in [2.24, 2.45) is 0 Å². The van der Waals surface area contributed by atoms with Gasteiger partial charge in [0.05, 0.1) is 6.54 Å². The molecule has 0 spiro atoms. The Hall–Kier alpha value is -1.76. The van der Waals surface area contributed by atoms with Crippen LogP contribution in [0.1, 0.15) is 17.0 Å². The van der Waals surface area contributed by atoms with Gasteiger partial charge in [0.1, 0.15) is 11.5 Å². The van der Waals surface area contributed by atoms with E-state index in [0.29, 0.717) is 4.77 Å². The Balaban J connectivity index is 1.48. The van der Waals surface area contributed by atoms with Gasteiger partial charge in [0.15, 0.2) is 4.77 Å². The Kier molecular flexibility index (Phi) is 4.35. The first-order chi connectivity index (χ1) is 11.7. The smallest absolute Gasteiger partial charge is 0.196 e. The number of fused-ring (bicyclic) bond motifs is 1. The molecule has 0 fully saturated rings. The summed E-state index contributed by atoms with van der Waals surface area (Å²) in [6.45, 7) is 2.64. The fraction of sp³-hybridized carbons (Fsp3) is 0.222. The normalized spacial score (nSPS) is 14.5. The van der Waals surface area contributed by atoms with Gasteiger partial charge in [0.2, 0.25) is 0 Å². The fourth-order valence-electron chi connectivity index (χ4n) is 2.99. The Morgan fingerprint density at radius 2 is 2.04 bits per heavy atom. The molecule has 122 valence electrons. The van der Waals surface area contributed by atoms with Gasteiger partial charge in [-0.1, -0.05) is 28.1 Å². The Morgan fingerprint density at radius 3 is 2.88 bits per heavy atom. The average Bonchev–Trinajstić information content (AvgIpc) is 3.04. The van der Waals surface area contributed by atoms with Gasteiger partial charge in [-0.3, -0.25) is 4.90 Å². The second-order valence-electron chi connectivity index (χ2n) is 5.93. The topological polar surface area (TPSA) is 45.1 Å². The number of nitrogens with one attached hydrogen (secondary N) is 1. The first-order valence-corrected chi connectivity index (χ1v) is 9.01. The van der Waals surface area contributed by atoms with Gasteiger partial charge >= 0.3 is 0 Å². The zero-order valence-electron chi connectivity index (χ0n) is 13.0. The molecule has 0 saturated carbocycles. The molecule has 4 rings (SSSR count). The Labute approximate surface area is 153 Å². The summed E-state index contributed by atoms with van der Waals surface area (Å²) < 4.78 is 7.65. The van der Waals surface area contributed by atoms with Crippen LogP contribution in [-0.2, 0) is 19.5 Å². The monoisotopic (exact) mass is 401 g/mol. The number of nitrogens with zero attached hydrogens (tertiary/aromatic N) is 2. The van der Waals surface area contributed by atoms with E-state index in [1.54, 1.807) is 0 Å². The van der Waals surface area contributed by atoms with Gasteiger partial charge in [-0.05, 0) is 36.5 Å². The number of halogens is 1. The molecule has 0 radical (unpaired) electrons. The molecule has 1 aliphatic heterocycles. The number of rotatable bonds is 3. The van der Waals surface area contributed by atoms with Crippen LogP contribution >= 0.6 is 28.1 Å². The summed E-state index contributed by atoms with van der Waals surface area (Å²) in [6, 6.07) is 12.3. The highest BCUT2D eigenvalue weighted by Crippen LogP contribution is 2.25. The summed E-state index contributed by atoms with van der Waals surface area (Å²) >= 11 is 8.55. The number of hydrogen-bond donors (Lipinski definition) is 1. The highest BCUT2D eigenvalue weighted by atomic mass is 79.9. The quantitative estimate of drug-likeness (QED) is 0.644. The fourth-order valence-corrected chi connectivity index (χ4v) is 3.43. The molecule has 3 aromatic rings. The van der Waals surface area contributed by atoms with E-state index in [4.69, 9.17) is 16.6 Å². The number of aromatic nitrogens is 2. The first kappa shape index (κ1) is 15.7. The SMILES string of the molecule is S=c1ncc2c([nH]1)CCN(Cc1ccc(-c3ccc(Br)cc3)o1)C2. The maximum atomic E-state index is 6.02. The van der Waals surface area contributed by atoms with Crippen molar-refractivity contribution in [2.45, 2.75) is 19.5 Å². The number of H-pyrrole nitrogens is 1. The van der Waals surface area contributed by atoms with Crippen LogP contribution in [-0.4, -0.2) is 21.4 Å². The molecule has 1 aliphatic rings. The summed E-state index contributed by atoms with van der Waals surface area (Å²) in [6.07, 6.45) is 2.84. The molecular weight excluding hydrogens is 386 g/mol. The van der Waals surface area contributed by atoms with Crippen LogP contribution in [0.5, 0.6) is 0 Å². The maximum absolute atomic E-state index is 6.02. The van der Waals surface area contributed by atoms with Gasteiger partial charge < -0.3 is 9.40 Å². The van der Waals surface area contributed by atoms with Crippen molar-refractivity contribution >= 4 is 28.1 Å². The van der Waals surface area contributed by atoms with Gasteiger partial charge in [-0.2, -0.15) is 0 Å². The minimum atomic E-state index is 0.562. The molecule has 0 unspecified atom stereocenters. The summed E-state index contributed by atoms with van der Waals surface area (Å²) in [5, 5.41) is 0. The molecule has 0 aliphatic carbocycles. The van der Waals surface area contributed by atoms with E-state index >= 15 is 0 Å². The molecule has 0 bridgehead atoms. The van der Waals surface area contributed by atoms with Crippen LogP contribution < -0.4 is 0 Å². The summed E-state index contributed by atoms with van der Waals surface area (Å²) in [4.78, 5) is 9.75. The molecule has 6 heteroatoms. The number of furan rings is 1. The maximum Gasteiger partial charge on any atom is 0.196 e. The van der Waals surface area contributed by atoms with Gasteiger partial charge in [-0.15, -0.1) is 0 Å². The average molecular weight is 402 g/mol. The number of hydrogen-bond acceptors (Lipinski definition) is 4. The molecule has 1 aromatic carbocycles. The number of aromatic amines is 1. The van der Waals surface area contributed by atoms with Crippen LogP contribution in [0.25, 0.3) is 11.3 Å². The van der Waals surface area contributed by atoms with Gasteiger partial charge in [0.25, 0.3) is 0 Å². The van der Waals surface area contributed by atoms with Crippen LogP contribution in [0.2, 0.25) is 0 Å². The zero-order valence-corrected chi connectivity index (χ0v) is 15.4. The molecule has 24 heavy (non-hydrogen) atoms. The lowest BCUT2D eigenvalue weighted by Gasteiger charge is -2.27. The van der Waals surface area contributed by atoms with E-state index in [1.807, 2.05) is 24.4 Å². The standard InChI is InChI=1S/C18H16BrN3OS/c19-14-3-1-12(2-4-14)17-6-5-15(23-17)11-22-8-7-16-13(10-22)9-20-18(24)21-16/h1-6,9H,7-8,10-11H2,(H,20,21,24). The molecule has 4 nitrogen and oxygen atoms in total. The molecule has 0 amide bonds. The van der Waals surface area contributed by atoms with E-state index in [0.717, 1.165) is 47.6 Å². The summed E-state index contributed by atoms with van der Waals surface area (Å²) in [5.74, 6) is 1.88. The van der Waals surface area contributed by atoms with Crippen molar-refractivity contribution in [3.05, 3.63) is 68.9 Å². The van der Waals surface area contributed by atoms with Gasteiger partial charge in [0, 0.05) is 47.0 Å². The molecule has 2 aromatic heterocycles. The third kappa shape index (κ3) is 3.36. The predicted molar refractivity (Wildman–Crippen MR) is 99.1 cm³/mol. The summed E-state index contributed by atoms with van der Waals surface area (Å²) in [7, 11) is 0. The van der Waals surface area contributed by atoms with E-state index in [9.17, 15) is 0 Å². The van der Waals surface area contributed by atoms with Crippen LogP contribution in [0.3, 0.4) is 0 Å². The third-order valence-corrected chi connectivity index (χ3v) is 4.96. The van der Waals surface area contributed by atoms with Crippen LogP contribution in [0, 0.1) is 4.77 Å². The lowest BCUT2D eigenvalue weighted by atomic mass is 10.1. The Morgan fingerprint density at radius 1 is 1.21 bits per heavy atom. The Bertz CT molecular complexity index is 917. The lowest BCUT2D eigenvalue weighted by Crippen LogP contribution is -2.30. The number of benzene rings is 1. The molecule has 1 N–H and O–H groups in total. The van der Waals surface area contributed by atoms with E-state index in [2.05, 4.69) is 49.0 Å². The highest BCUT2D eigenvalue weighted by molar-refractivity contribution is 9.10. The molecule has 0 saturated heterocycles. The van der Waals surface area contributed by atoms with Crippen molar-refractivity contribution in [3.8, 4) is 11.3 Å².